The molecule has 0 fully saturated rings. The van der Waals surface area contributed by atoms with E-state index in [4.69, 9.17) is 23.2 Å². The molecule has 0 aliphatic rings. The molecule has 0 N–H and O–H groups in total. The molecule has 2 aromatic carbocycles. The van der Waals surface area contributed by atoms with Gasteiger partial charge in [-0.1, -0.05) is 23.7 Å². The van der Waals surface area contributed by atoms with Gasteiger partial charge >= 0.3 is 0 Å². The number of aromatic nitrogens is 2. The standard InChI is InChI=1S/C15H11Cl2IN2/c16-8-7-15-19-12-6-5-10(17)9-14(12)20(15)13-4-2-1-3-11(13)18/h1-6,9H,7-8H2. The van der Waals surface area contributed by atoms with Crippen LogP contribution in [0.1, 0.15) is 5.82 Å². The summed E-state index contributed by atoms with van der Waals surface area (Å²) in [4.78, 5) is 4.68. The lowest BCUT2D eigenvalue weighted by atomic mass is 10.2. The van der Waals surface area contributed by atoms with Gasteiger partial charge in [0.25, 0.3) is 0 Å². The molecular weight excluding hydrogens is 406 g/mol. The largest absolute Gasteiger partial charge is 0.295 e. The van der Waals surface area contributed by atoms with Crippen molar-refractivity contribution in [1.29, 1.82) is 0 Å². The van der Waals surface area contributed by atoms with Crippen molar-refractivity contribution in [3.8, 4) is 5.69 Å². The molecular formula is C15H11Cl2IN2. The van der Waals surface area contributed by atoms with Gasteiger partial charge in [0.2, 0.25) is 0 Å². The van der Waals surface area contributed by atoms with Crippen LogP contribution in [0.25, 0.3) is 16.7 Å². The van der Waals surface area contributed by atoms with Crippen LogP contribution in [0.4, 0.5) is 0 Å². The summed E-state index contributed by atoms with van der Waals surface area (Å²) in [6.07, 6.45) is 0.721. The van der Waals surface area contributed by atoms with Crippen LogP contribution in [-0.4, -0.2) is 15.4 Å². The highest BCUT2D eigenvalue weighted by molar-refractivity contribution is 14.1. The molecule has 102 valence electrons. The second-order valence-electron chi connectivity index (χ2n) is 4.39. The van der Waals surface area contributed by atoms with Gasteiger partial charge in [-0.25, -0.2) is 4.98 Å². The van der Waals surface area contributed by atoms with E-state index in [1.807, 2.05) is 30.3 Å². The number of alkyl halides is 1. The quantitative estimate of drug-likeness (QED) is 0.430. The maximum Gasteiger partial charge on any atom is 0.115 e. The van der Waals surface area contributed by atoms with Crippen LogP contribution in [0.2, 0.25) is 5.02 Å². The number of halogens is 3. The molecule has 1 aromatic heterocycles. The second-order valence-corrected chi connectivity index (χ2v) is 6.36. The molecule has 0 bridgehead atoms. The summed E-state index contributed by atoms with van der Waals surface area (Å²) in [6, 6.07) is 14.0. The first-order chi connectivity index (χ1) is 9.70. The lowest BCUT2D eigenvalue weighted by Crippen LogP contribution is -2.03. The predicted molar refractivity (Wildman–Crippen MR) is 93.2 cm³/mol. The van der Waals surface area contributed by atoms with Crippen LogP contribution in [-0.2, 0) is 6.42 Å². The van der Waals surface area contributed by atoms with Crippen molar-refractivity contribution in [3.05, 3.63) is 56.9 Å². The van der Waals surface area contributed by atoms with Gasteiger partial charge in [-0.15, -0.1) is 11.6 Å². The molecule has 1 heterocycles. The monoisotopic (exact) mass is 416 g/mol. The third-order valence-electron chi connectivity index (χ3n) is 3.10. The van der Waals surface area contributed by atoms with E-state index in [0.29, 0.717) is 10.9 Å². The zero-order valence-electron chi connectivity index (χ0n) is 10.5. The van der Waals surface area contributed by atoms with E-state index in [-0.39, 0.29) is 0 Å². The van der Waals surface area contributed by atoms with Gasteiger partial charge in [-0.2, -0.15) is 0 Å². The number of imidazole rings is 1. The Morgan fingerprint density at radius 3 is 2.70 bits per heavy atom. The summed E-state index contributed by atoms with van der Waals surface area (Å²) in [5, 5.41) is 0.710. The molecule has 20 heavy (non-hydrogen) atoms. The molecule has 0 radical (unpaired) electrons. The van der Waals surface area contributed by atoms with E-state index in [1.54, 1.807) is 0 Å². The van der Waals surface area contributed by atoms with E-state index >= 15 is 0 Å². The summed E-state index contributed by atoms with van der Waals surface area (Å²) in [5.74, 6) is 1.50. The minimum atomic E-state index is 0.542. The van der Waals surface area contributed by atoms with Crippen molar-refractivity contribution in [2.45, 2.75) is 6.42 Å². The Morgan fingerprint density at radius 1 is 1.15 bits per heavy atom. The van der Waals surface area contributed by atoms with E-state index in [9.17, 15) is 0 Å². The van der Waals surface area contributed by atoms with Gasteiger partial charge in [0.05, 0.1) is 16.7 Å². The van der Waals surface area contributed by atoms with Crippen molar-refractivity contribution in [2.24, 2.45) is 0 Å². The molecule has 0 spiro atoms. The summed E-state index contributed by atoms with van der Waals surface area (Å²) in [7, 11) is 0. The fourth-order valence-corrected chi connectivity index (χ4v) is 3.22. The summed E-state index contributed by atoms with van der Waals surface area (Å²) in [6.45, 7) is 0. The van der Waals surface area contributed by atoms with Gasteiger partial charge in [0.1, 0.15) is 5.82 Å². The minimum absolute atomic E-state index is 0.542. The highest BCUT2D eigenvalue weighted by Crippen LogP contribution is 2.27. The fourth-order valence-electron chi connectivity index (χ4n) is 2.25. The number of para-hydroxylation sites is 1. The van der Waals surface area contributed by atoms with Crippen molar-refractivity contribution in [2.75, 3.05) is 5.88 Å². The number of aryl methyl sites for hydroxylation is 1. The molecule has 0 aliphatic heterocycles. The van der Waals surface area contributed by atoms with Crippen LogP contribution in [0, 0.1) is 3.57 Å². The van der Waals surface area contributed by atoms with Crippen molar-refractivity contribution < 1.29 is 0 Å². The van der Waals surface area contributed by atoms with Gasteiger partial charge in [0, 0.05) is 20.9 Å². The molecule has 0 aliphatic carbocycles. The minimum Gasteiger partial charge on any atom is -0.295 e. The smallest absolute Gasteiger partial charge is 0.115 e. The van der Waals surface area contributed by atoms with Crippen LogP contribution in [0.3, 0.4) is 0 Å². The third-order valence-corrected chi connectivity index (χ3v) is 4.43. The Hall–Kier alpha value is -0.780. The molecule has 3 rings (SSSR count). The zero-order chi connectivity index (χ0) is 14.1. The number of hydrogen-bond acceptors (Lipinski definition) is 1. The Balaban J connectivity index is 2.34. The molecule has 0 atom stereocenters. The topological polar surface area (TPSA) is 17.8 Å². The highest BCUT2D eigenvalue weighted by Gasteiger charge is 2.14. The first-order valence-electron chi connectivity index (χ1n) is 6.18. The van der Waals surface area contributed by atoms with E-state index in [0.717, 1.165) is 29.0 Å². The lowest BCUT2D eigenvalue weighted by Gasteiger charge is -2.10. The van der Waals surface area contributed by atoms with Crippen LogP contribution in [0.5, 0.6) is 0 Å². The highest BCUT2D eigenvalue weighted by atomic mass is 127. The average molecular weight is 417 g/mol. The molecule has 0 saturated carbocycles. The Labute approximate surface area is 140 Å². The molecule has 0 saturated heterocycles. The van der Waals surface area contributed by atoms with Crippen molar-refractivity contribution >= 4 is 56.8 Å². The molecule has 5 heteroatoms. The van der Waals surface area contributed by atoms with Gasteiger partial charge in [-0.3, -0.25) is 4.57 Å². The molecule has 3 aromatic rings. The number of rotatable bonds is 3. The first kappa shape index (κ1) is 14.2. The molecule has 0 unspecified atom stereocenters. The third kappa shape index (κ3) is 2.54. The summed E-state index contributed by atoms with van der Waals surface area (Å²) < 4.78 is 3.31. The number of nitrogens with zero attached hydrogens (tertiary/aromatic N) is 2. The van der Waals surface area contributed by atoms with E-state index < -0.39 is 0 Å². The first-order valence-corrected chi connectivity index (χ1v) is 8.17. The van der Waals surface area contributed by atoms with Gasteiger partial charge in [0.15, 0.2) is 0 Å². The summed E-state index contributed by atoms with van der Waals surface area (Å²) in [5.41, 5.74) is 3.06. The van der Waals surface area contributed by atoms with Crippen LogP contribution < -0.4 is 0 Å². The summed E-state index contributed by atoms with van der Waals surface area (Å²) >= 11 is 14.4. The second kappa shape index (κ2) is 5.92. The normalized spacial score (nSPS) is 11.2. The molecule has 0 amide bonds. The zero-order valence-corrected chi connectivity index (χ0v) is 14.2. The fraction of sp³-hybridized carbons (Fsp3) is 0.133. The maximum atomic E-state index is 6.14. The number of fused-ring (bicyclic) bond motifs is 1. The Kier molecular flexibility index (Phi) is 4.19. The van der Waals surface area contributed by atoms with Gasteiger partial charge < -0.3 is 0 Å². The number of benzene rings is 2. The van der Waals surface area contributed by atoms with Gasteiger partial charge in [-0.05, 0) is 52.9 Å². The maximum absolute atomic E-state index is 6.14. The Morgan fingerprint density at radius 2 is 1.95 bits per heavy atom. The Bertz CT molecular complexity index is 768. The number of hydrogen-bond donors (Lipinski definition) is 0. The predicted octanol–water partition coefficient (Wildman–Crippen LogP) is 5.06. The van der Waals surface area contributed by atoms with E-state index in [1.165, 1.54) is 3.57 Å². The molecule has 2 nitrogen and oxygen atoms in total. The average Bonchev–Trinajstić information content (AvgIpc) is 2.77. The lowest BCUT2D eigenvalue weighted by molar-refractivity contribution is 0.909. The van der Waals surface area contributed by atoms with E-state index in [2.05, 4.69) is 44.3 Å². The van der Waals surface area contributed by atoms with Crippen molar-refractivity contribution in [1.82, 2.24) is 9.55 Å². The van der Waals surface area contributed by atoms with Crippen LogP contribution in [0.15, 0.2) is 42.5 Å². The SMILES string of the molecule is ClCCc1nc2ccc(Cl)cc2n1-c1ccccc1I. The van der Waals surface area contributed by atoms with Crippen molar-refractivity contribution in [3.63, 3.8) is 0 Å². The van der Waals surface area contributed by atoms with Crippen LogP contribution >= 0.6 is 45.8 Å².